The highest BCUT2D eigenvalue weighted by Crippen LogP contribution is 2.28. The zero-order valence-electron chi connectivity index (χ0n) is 14.0. The van der Waals surface area contributed by atoms with Crippen molar-refractivity contribution >= 4 is 11.7 Å². The summed E-state index contributed by atoms with van der Waals surface area (Å²) in [5, 5.41) is 6.86. The third kappa shape index (κ3) is 4.74. The standard InChI is InChI=1S/C17H23N3O3/c1-12(2)8-10-23-14-6-5-13(11-15(14)22-4)17(21)18-16-7-9-20(3)19-16/h5-7,9,11-12H,8,10H2,1-4H3,(H,18,19,21). The van der Waals surface area contributed by atoms with E-state index in [0.29, 0.717) is 35.4 Å². The van der Waals surface area contributed by atoms with Crippen molar-refractivity contribution in [1.29, 1.82) is 0 Å². The quantitative estimate of drug-likeness (QED) is 0.852. The first-order valence-corrected chi connectivity index (χ1v) is 7.61. The molecule has 1 N–H and O–H groups in total. The second-order valence-electron chi connectivity index (χ2n) is 5.73. The highest BCUT2D eigenvalue weighted by Gasteiger charge is 2.12. The minimum Gasteiger partial charge on any atom is -0.493 e. The Morgan fingerprint density at radius 3 is 2.70 bits per heavy atom. The summed E-state index contributed by atoms with van der Waals surface area (Å²) in [5.74, 6) is 2.03. The highest BCUT2D eigenvalue weighted by molar-refractivity contribution is 6.04. The normalized spacial score (nSPS) is 10.7. The van der Waals surface area contributed by atoms with Gasteiger partial charge in [0.2, 0.25) is 0 Å². The summed E-state index contributed by atoms with van der Waals surface area (Å²) in [6.07, 6.45) is 2.73. The van der Waals surface area contributed by atoms with Crippen LogP contribution in [0.5, 0.6) is 11.5 Å². The number of methoxy groups -OCH3 is 1. The Morgan fingerprint density at radius 1 is 1.30 bits per heavy atom. The van der Waals surface area contributed by atoms with Crippen molar-refractivity contribution in [3.8, 4) is 11.5 Å². The van der Waals surface area contributed by atoms with Gasteiger partial charge in [-0.2, -0.15) is 5.10 Å². The van der Waals surface area contributed by atoms with E-state index in [0.717, 1.165) is 6.42 Å². The maximum Gasteiger partial charge on any atom is 0.257 e. The van der Waals surface area contributed by atoms with Crippen LogP contribution in [-0.4, -0.2) is 29.4 Å². The van der Waals surface area contributed by atoms with Gasteiger partial charge in [0.05, 0.1) is 13.7 Å². The van der Waals surface area contributed by atoms with E-state index >= 15 is 0 Å². The smallest absolute Gasteiger partial charge is 0.257 e. The number of aromatic nitrogens is 2. The van der Waals surface area contributed by atoms with Gasteiger partial charge in [0.1, 0.15) is 0 Å². The van der Waals surface area contributed by atoms with Crippen molar-refractivity contribution in [3.05, 3.63) is 36.0 Å². The van der Waals surface area contributed by atoms with E-state index in [1.807, 2.05) is 0 Å². The van der Waals surface area contributed by atoms with Crippen LogP contribution in [0.2, 0.25) is 0 Å². The molecule has 0 aliphatic rings. The van der Waals surface area contributed by atoms with Crippen molar-refractivity contribution < 1.29 is 14.3 Å². The number of nitrogens with one attached hydrogen (secondary N) is 1. The zero-order chi connectivity index (χ0) is 16.8. The number of amides is 1. The van der Waals surface area contributed by atoms with Crippen LogP contribution in [0, 0.1) is 5.92 Å². The fourth-order valence-corrected chi connectivity index (χ4v) is 2.00. The summed E-state index contributed by atoms with van der Waals surface area (Å²) < 4.78 is 12.7. The molecule has 0 saturated carbocycles. The molecule has 0 radical (unpaired) electrons. The van der Waals surface area contributed by atoms with Gasteiger partial charge < -0.3 is 14.8 Å². The molecule has 1 aromatic heterocycles. The number of hydrogen-bond donors (Lipinski definition) is 1. The van der Waals surface area contributed by atoms with Gasteiger partial charge in [-0.15, -0.1) is 0 Å². The van der Waals surface area contributed by atoms with E-state index in [1.54, 1.807) is 49.3 Å². The number of aryl methyl sites for hydroxylation is 1. The van der Waals surface area contributed by atoms with E-state index in [-0.39, 0.29) is 5.91 Å². The predicted octanol–water partition coefficient (Wildman–Crippen LogP) is 3.11. The van der Waals surface area contributed by atoms with Crippen molar-refractivity contribution in [2.45, 2.75) is 20.3 Å². The molecule has 124 valence electrons. The lowest BCUT2D eigenvalue weighted by atomic mass is 10.1. The monoisotopic (exact) mass is 317 g/mol. The van der Waals surface area contributed by atoms with Crippen LogP contribution < -0.4 is 14.8 Å². The Kier molecular flexibility index (Phi) is 5.62. The van der Waals surface area contributed by atoms with E-state index < -0.39 is 0 Å². The molecular formula is C17H23N3O3. The van der Waals surface area contributed by atoms with Crippen LogP contribution in [0.25, 0.3) is 0 Å². The van der Waals surface area contributed by atoms with Gasteiger partial charge in [0, 0.05) is 24.9 Å². The molecule has 1 heterocycles. The number of ether oxygens (including phenoxy) is 2. The zero-order valence-corrected chi connectivity index (χ0v) is 14.0. The van der Waals surface area contributed by atoms with E-state index in [9.17, 15) is 4.79 Å². The first kappa shape index (κ1) is 16.9. The second kappa shape index (κ2) is 7.67. The third-order valence-electron chi connectivity index (χ3n) is 3.33. The van der Waals surface area contributed by atoms with Crippen LogP contribution in [0.15, 0.2) is 30.5 Å². The molecule has 0 atom stereocenters. The molecule has 0 unspecified atom stereocenters. The summed E-state index contributed by atoms with van der Waals surface area (Å²) in [6, 6.07) is 6.87. The van der Waals surface area contributed by atoms with Gasteiger partial charge in [-0.25, -0.2) is 0 Å². The van der Waals surface area contributed by atoms with Gasteiger partial charge in [-0.3, -0.25) is 9.48 Å². The van der Waals surface area contributed by atoms with Crippen LogP contribution in [0.3, 0.4) is 0 Å². The third-order valence-corrected chi connectivity index (χ3v) is 3.33. The molecule has 0 spiro atoms. The lowest BCUT2D eigenvalue weighted by Crippen LogP contribution is -2.13. The molecule has 0 aliphatic carbocycles. The summed E-state index contributed by atoms with van der Waals surface area (Å²) in [4.78, 5) is 12.2. The molecule has 6 nitrogen and oxygen atoms in total. The lowest BCUT2D eigenvalue weighted by Gasteiger charge is -2.13. The van der Waals surface area contributed by atoms with Crippen LogP contribution in [0.4, 0.5) is 5.82 Å². The molecule has 0 bridgehead atoms. The van der Waals surface area contributed by atoms with E-state index in [1.165, 1.54) is 0 Å². The van der Waals surface area contributed by atoms with Crippen molar-refractivity contribution in [1.82, 2.24) is 9.78 Å². The molecule has 6 heteroatoms. The summed E-state index contributed by atoms with van der Waals surface area (Å²) in [6.45, 7) is 4.91. The molecule has 1 amide bonds. The summed E-state index contributed by atoms with van der Waals surface area (Å²) >= 11 is 0. The second-order valence-corrected chi connectivity index (χ2v) is 5.73. The average Bonchev–Trinajstić information content (AvgIpc) is 2.92. The molecular weight excluding hydrogens is 294 g/mol. The number of benzene rings is 1. The number of carbonyl (C=O) groups excluding carboxylic acids is 1. The largest absolute Gasteiger partial charge is 0.493 e. The highest BCUT2D eigenvalue weighted by atomic mass is 16.5. The SMILES string of the molecule is COc1cc(C(=O)Nc2ccn(C)n2)ccc1OCCC(C)C. The predicted molar refractivity (Wildman–Crippen MR) is 89.1 cm³/mol. The molecule has 0 saturated heterocycles. The number of hydrogen-bond acceptors (Lipinski definition) is 4. The minimum absolute atomic E-state index is 0.240. The first-order chi connectivity index (χ1) is 11.0. The van der Waals surface area contributed by atoms with Gasteiger partial charge in [0.15, 0.2) is 17.3 Å². The molecule has 0 aliphatic heterocycles. The van der Waals surface area contributed by atoms with Crippen LogP contribution in [0.1, 0.15) is 30.6 Å². The van der Waals surface area contributed by atoms with Crippen molar-refractivity contribution in [3.63, 3.8) is 0 Å². The van der Waals surface area contributed by atoms with Crippen LogP contribution in [-0.2, 0) is 7.05 Å². The molecule has 23 heavy (non-hydrogen) atoms. The summed E-state index contributed by atoms with van der Waals surface area (Å²) in [7, 11) is 3.35. The number of rotatable bonds is 7. The number of carbonyl (C=O) groups is 1. The fourth-order valence-electron chi connectivity index (χ4n) is 2.00. The Hall–Kier alpha value is -2.50. The van der Waals surface area contributed by atoms with Gasteiger partial charge in [-0.05, 0) is 30.5 Å². The Balaban J connectivity index is 2.06. The Bertz CT molecular complexity index is 665. The first-order valence-electron chi connectivity index (χ1n) is 7.61. The van der Waals surface area contributed by atoms with Crippen molar-refractivity contribution in [2.24, 2.45) is 13.0 Å². The van der Waals surface area contributed by atoms with E-state index in [4.69, 9.17) is 9.47 Å². The van der Waals surface area contributed by atoms with Gasteiger partial charge in [0.25, 0.3) is 5.91 Å². The molecule has 2 aromatic rings. The minimum atomic E-state index is -0.240. The summed E-state index contributed by atoms with van der Waals surface area (Å²) in [5.41, 5.74) is 0.490. The molecule has 2 rings (SSSR count). The maximum atomic E-state index is 12.2. The topological polar surface area (TPSA) is 65.4 Å². The number of nitrogens with zero attached hydrogens (tertiary/aromatic N) is 2. The molecule has 1 aromatic carbocycles. The van der Waals surface area contributed by atoms with Gasteiger partial charge >= 0.3 is 0 Å². The fraction of sp³-hybridized carbons (Fsp3) is 0.412. The maximum absolute atomic E-state index is 12.2. The van der Waals surface area contributed by atoms with E-state index in [2.05, 4.69) is 24.3 Å². The lowest BCUT2D eigenvalue weighted by molar-refractivity contribution is 0.102. The van der Waals surface area contributed by atoms with Gasteiger partial charge in [-0.1, -0.05) is 13.8 Å². The Labute approximate surface area is 136 Å². The molecule has 0 fully saturated rings. The average molecular weight is 317 g/mol. The Morgan fingerprint density at radius 2 is 2.09 bits per heavy atom. The van der Waals surface area contributed by atoms with Crippen molar-refractivity contribution in [2.75, 3.05) is 19.0 Å². The van der Waals surface area contributed by atoms with Crippen LogP contribution >= 0.6 is 0 Å². The number of anilines is 1.